The number of hydrogen-bond acceptors (Lipinski definition) is 10. The molecule has 1 N–H and O–H groups in total. The molecule has 0 spiro atoms. The lowest BCUT2D eigenvalue weighted by molar-refractivity contribution is -0.384. The average molecular weight is 453 g/mol. The summed E-state index contributed by atoms with van der Waals surface area (Å²) in [6.07, 6.45) is 3.03. The first-order valence-corrected chi connectivity index (χ1v) is 10.1. The van der Waals surface area contributed by atoms with Gasteiger partial charge in [-0.15, -0.1) is 10.2 Å². The van der Waals surface area contributed by atoms with E-state index < -0.39 is 4.92 Å². The largest absolute Gasteiger partial charge is 0.494 e. The van der Waals surface area contributed by atoms with Crippen LogP contribution in [0.25, 0.3) is 22.9 Å². The summed E-state index contributed by atoms with van der Waals surface area (Å²) in [4.78, 5) is 27.2. The topological polar surface area (TPSA) is 146 Å². The molecule has 0 bridgehead atoms. The van der Waals surface area contributed by atoms with E-state index in [4.69, 9.17) is 13.6 Å². The predicted octanol–water partition coefficient (Wildman–Crippen LogP) is 4.04. The van der Waals surface area contributed by atoms with Gasteiger partial charge in [-0.2, -0.15) is 0 Å². The van der Waals surface area contributed by atoms with Gasteiger partial charge in [0.1, 0.15) is 11.4 Å². The molecule has 0 saturated heterocycles. The lowest BCUT2D eigenvalue weighted by atomic mass is 10.2. The highest BCUT2D eigenvalue weighted by atomic mass is 32.2. The van der Waals surface area contributed by atoms with Gasteiger partial charge in [-0.1, -0.05) is 11.8 Å². The number of carbonyl (C=O) groups is 1. The Morgan fingerprint density at radius 1 is 1.12 bits per heavy atom. The fourth-order valence-electron chi connectivity index (χ4n) is 2.75. The minimum atomic E-state index is -0.544. The maximum absolute atomic E-state index is 12.4. The molecule has 0 aliphatic carbocycles. The molecule has 0 fully saturated rings. The van der Waals surface area contributed by atoms with Crippen LogP contribution in [0.5, 0.6) is 5.75 Å². The maximum Gasteiger partial charge on any atom is 0.273 e. The summed E-state index contributed by atoms with van der Waals surface area (Å²) < 4.78 is 16.0. The molecule has 0 atom stereocenters. The summed E-state index contributed by atoms with van der Waals surface area (Å²) in [6.45, 7) is 0. The fraction of sp³-hybridized carbons (Fsp3) is 0.100. The van der Waals surface area contributed by atoms with Gasteiger partial charge < -0.3 is 18.9 Å². The Bertz CT molecular complexity index is 1240. The van der Waals surface area contributed by atoms with Crippen LogP contribution in [0.1, 0.15) is 0 Å². The summed E-state index contributed by atoms with van der Waals surface area (Å²) >= 11 is 1.07. The molecule has 32 heavy (non-hydrogen) atoms. The van der Waals surface area contributed by atoms with Crippen molar-refractivity contribution in [1.29, 1.82) is 0 Å². The van der Waals surface area contributed by atoms with Crippen molar-refractivity contribution >= 4 is 29.0 Å². The third kappa shape index (κ3) is 4.59. The molecule has 0 aliphatic heterocycles. The quantitative estimate of drug-likeness (QED) is 0.235. The third-order valence-corrected chi connectivity index (χ3v) is 5.02. The van der Waals surface area contributed by atoms with Gasteiger partial charge in [0, 0.05) is 6.07 Å². The highest BCUT2D eigenvalue weighted by molar-refractivity contribution is 7.99. The second-order valence-corrected chi connectivity index (χ2v) is 7.17. The summed E-state index contributed by atoms with van der Waals surface area (Å²) in [5, 5.41) is 22.1. The van der Waals surface area contributed by atoms with Gasteiger partial charge in [-0.05, 0) is 30.3 Å². The first-order valence-electron chi connectivity index (χ1n) is 9.12. The van der Waals surface area contributed by atoms with Crippen molar-refractivity contribution in [3.05, 3.63) is 65.1 Å². The van der Waals surface area contributed by atoms with Crippen LogP contribution in [0.4, 0.5) is 11.4 Å². The lowest BCUT2D eigenvalue weighted by Gasteiger charge is -2.10. The highest BCUT2D eigenvalue weighted by Gasteiger charge is 2.19. The van der Waals surface area contributed by atoms with Crippen molar-refractivity contribution < 1.29 is 23.3 Å². The maximum atomic E-state index is 12.4. The molecular weight excluding hydrogens is 438 g/mol. The Morgan fingerprint density at radius 2 is 1.84 bits per heavy atom. The van der Waals surface area contributed by atoms with E-state index in [2.05, 4.69) is 20.5 Å². The summed E-state index contributed by atoms with van der Waals surface area (Å²) in [5.74, 6) is 0.738. The normalized spacial score (nSPS) is 10.7. The molecule has 3 aromatic heterocycles. The summed E-state index contributed by atoms with van der Waals surface area (Å²) in [7, 11) is 1.36. The first-order chi connectivity index (χ1) is 15.5. The molecule has 162 valence electrons. The number of non-ortho nitro benzene ring substituents is 1. The van der Waals surface area contributed by atoms with Crippen LogP contribution in [-0.2, 0) is 4.79 Å². The first kappa shape index (κ1) is 21.1. The van der Waals surface area contributed by atoms with E-state index in [-0.39, 0.29) is 28.3 Å². The number of nitro groups is 1. The van der Waals surface area contributed by atoms with Crippen molar-refractivity contribution in [3.63, 3.8) is 0 Å². The van der Waals surface area contributed by atoms with Crippen LogP contribution in [0, 0.1) is 10.1 Å². The van der Waals surface area contributed by atoms with Crippen LogP contribution in [-0.4, -0.2) is 38.9 Å². The highest BCUT2D eigenvalue weighted by Crippen LogP contribution is 2.31. The van der Waals surface area contributed by atoms with E-state index in [1.807, 2.05) is 0 Å². The third-order valence-electron chi connectivity index (χ3n) is 4.18. The number of nitrogens with zero attached hydrogens (tertiary/aromatic N) is 4. The zero-order chi connectivity index (χ0) is 22.5. The fourth-order valence-corrected chi connectivity index (χ4v) is 3.34. The Kier molecular flexibility index (Phi) is 6.12. The van der Waals surface area contributed by atoms with Gasteiger partial charge in [0.15, 0.2) is 17.2 Å². The number of furan rings is 2. The van der Waals surface area contributed by atoms with Crippen LogP contribution in [0.3, 0.4) is 0 Å². The molecule has 0 aliphatic rings. The second kappa shape index (κ2) is 9.31. The van der Waals surface area contributed by atoms with Crippen LogP contribution < -0.4 is 10.1 Å². The Balaban J connectivity index is 1.49. The van der Waals surface area contributed by atoms with Crippen molar-refractivity contribution in [3.8, 4) is 28.7 Å². The van der Waals surface area contributed by atoms with Crippen LogP contribution >= 0.6 is 11.8 Å². The molecule has 4 aromatic rings. The summed E-state index contributed by atoms with van der Waals surface area (Å²) in [5.41, 5.74) is 1.01. The monoisotopic (exact) mass is 453 g/mol. The number of aromatic nitrogens is 3. The number of amides is 1. The van der Waals surface area contributed by atoms with E-state index in [9.17, 15) is 14.9 Å². The minimum Gasteiger partial charge on any atom is -0.494 e. The zero-order valence-corrected chi connectivity index (χ0v) is 17.4. The van der Waals surface area contributed by atoms with Crippen LogP contribution in [0.15, 0.2) is 69.0 Å². The van der Waals surface area contributed by atoms with E-state index >= 15 is 0 Å². The Hall–Kier alpha value is -4.19. The van der Waals surface area contributed by atoms with E-state index in [0.29, 0.717) is 28.6 Å². The molecule has 0 unspecified atom stereocenters. The van der Waals surface area contributed by atoms with Gasteiger partial charge in [0.05, 0.1) is 42.1 Å². The van der Waals surface area contributed by atoms with Gasteiger partial charge >= 0.3 is 0 Å². The molecule has 1 amide bonds. The molecular formula is C20H15N5O6S. The van der Waals surface area contributed by atoms with Gasteiger partial charge in [0.25, 0.3) is 5.69 Å². The molecule has 3 heterocycles. The molecule has 12 heteroatoms. The Morgan fingerprint density at radius 3 is 2.47 bits per heavy atom. The van der Waals surface area contributed by atoms with Crippen molar-refractivity contribution in [2.75, 3.05) is 18.2 Å². The molecule has 0 radical (unpaired) electrons. The lowest BCUT2D eigenvalue weighted by Crippen LogP contribution is -2.15. The smallest absolute Gasteiger partial charge is 0.273 e. The molecule has 11 nitrogen and oxygen atoms in total. The number of hydrogen-bond donors (Lipinski definition) is 1. The Labute approximate surface area is 185 Å². The SMILES string of the molecule is COc1cc([N+](=O)[O-])ccc1NC(=O)CSc1nnc(-c2ccco2)c(-c2ccco2)n1. The van der Waals surface area contributed by atoms with Crippen LogP contribution in [0.2, 0.25) is 0 Å². The predicted molar refractivity (Wildman–Crippen MR) is 114 cm³/mol. The van der Waals surface area contributed by atoms with E-state index in [1.54, 1.807) is 24.3 Å². The summed E-state index contributed by atoms with van der Waals surface area (Å²) in [6, 6.07) is 10.8. The number of benzene rings is 1. The van der Waals surface area contributed by atoms with Crippen molar-refractivity contribution in [2.45, 2.75) is 5.16 Å². The van der Waals surface area contributed by atoms with Gasteiger partial charge in [-0.3, -0.25) is 14.9 Å². The number of nitro benzene ring substituents is 1. The number of methoxy groups -OCH3 is 1. The average Bonchev–Trinajstić information content (AvgIpc) is 3.52. The molecule has 4 rings (SSSR count). The van der Waals surface area contributed by atoms with Gasteiger partial charge in [-0.25, -0.2) is 4.98 Å². The number of carbonyl (C=O) groups excluding carboxylic acids is 1. The van der Waals surface area contributed by atoms with Crippen molar-refractivity contribution in [1.82, 2.24) is 15.2 Å². The molecule has 0 saturated carbocycles. The molecule has 1 aromatic carbocycles. The number of ether oxygens (including phenoxy) is 1. The van der Waals surface area contributed by atoms with Crippen molar-refractivity contribution in [2.24, 2.45) is 0 Å². The minimum absolute atomic E-state index is 0.0283. The zero-order valence-electron chi connectivity index (χ0n) is 16.5. The number of thioether (sulfide) groups is 1. The standard InChI is InChI=1S/C20H15N5O6S/c1-29-16-10-12(25(27)28)6-7-13(16)21-17(26)11-32-20-22-18(14-4-2-8-30-14)19(23-24-20)15-5-3-9-31-15/h2-10H,11H2,1H3,(H,21,26). The van der Waals surface area contributed by atoms with E-state index in [0.717, 1.165) is 11.8 Å². The number of rotatable bonds is 8. The number of anilines is 1. The number of nitrogens with one attached hydrogen (secondary N) is 1. The van der Waals surface area contributed by atoms with E-state index in [1.165, 1.54) is 37.8 Å². The van der Waals surface area contributed by atoms with Gasteiger partial charge in [0.2, 0.25) is 11.1 Å². The second-order valence-electron chi connectivity index (χ2n) is 6.22.